The Hall–Kier alpha value is -2.08. The first-order chi connectivity index (χ1) is 8.20. The minimum atomic E-state index is 0.236. The van der Waals surface area contributed by atoms with Crippen molar-refractivity contribution in [2.24, 2.45) is 0 Å². The number of benzene rings is 1. The second-order valence-corrected chi connectivity index (χ2v) is 3.82. The van der Waals surface area contributed by atoms with E-state index in [9.17, 15) is 0 Å². The number of nitrogens with zero attached hydrogens (tertiary/aromatic N) is 3. The van der Waals surface area contributed by atoms with Crippen molar-refractivity contribution in [3.63, 3.8) is 0 Å². The Morgan fingerprint density at radius 3 is 2.82 bits per heavy atom. The standard InChI is InChI=1S/C10H7ClN4O2/c1-5-14-15-10(16-5)13-9-12-7-4-6(11)2-3-8(7)17-9/h2-4H,1H3,(H,12,13,15). The van der Waals surface area contributed by atoms with Crippen LogP contribution in [0.4, 0.5) is 12.0 Å². The average molecular weight is 251 g/mol. The van der Waals surface area contributed by atoms with Gasteiger partial charge in [-0.15, -0.1) is 5.10 Å². The molecule has 3 rings (SSSR count). The molecule has 6 nitrogen and oxygen atoms in total. The van der Waals surface area contributed by atoms with Gasteiger partial charge < -0.3 is 8.83 Å². The maximum atomic E-state index is 5.85. The summed E-state index contributed by atoms with van der Waals surface area (Å²) >= 11 is 5.85. The van der Waals surface area contributed by atoms with Crippen LogP contribution < -0.4 is 5.32 Å². The number of oxazole rings is 1. The maximum Gasteiger partial charge on any atom is 0.323 e. The predicted octanol–water partition coefficient (Wildman–Crippen LogP) is 2.92. The largest absolute Gasteiger partial charge is 0.423 e. The minimum Gasteiger partial charge on any atom is -0.423 e. The smallest absolute Gasteiger partial charge is 0.323 e. The van der Waals surface area contributed by atoms with Gasteiger partial charge in [0.05, 0.1) is 0 Å². The van der Waals surface area contributed by atoms with Crippen molar-refractivity contribution < 1.29 is 8.83 Å². The molecule has 0 saturated heterocycles. The topological polar surface area (TPSA) is 77.0 Å². The Bertz CT molecular complexity index is 676. The summed E-state index contributed by atoms with van der Waals surface area (Å²) in [6.07, 6.45) is 0. The molecule has 7 heteroatoms. The summed E-state index contributed by atoms with van der Waals surface area (Å²) in [5.74, 6) is 0.464. The highest BCUT2D eigenvalue weighted by Gasteiger charge is 2.09. The number of halogens is 1. The monoisotopic (exact) mass is 250 g/mol. The lowest BCUT2D eigenvalue weighted by molar-refractivity contribution is 0.528. The van der Waals surface area contributed by atoms with Gasteiger partial charge in [0.1, 0.15) is 5.52 Å². The van der Waals surface area contributed by atoms with Crippen LogP contribution in [0, 0.1) is 6.92 Å². The van der Waals surface area contributed by atoms with Crippen molar-refractivity contribution in [2.45, 2.75) is 6.92 Å². The molecule has 0 bridgehead atoms. The summed E-state index contributed by atoms with van der Waals surface area (Å²) in [5.41, 5.74) is 1.30. The number of rotatable bonds is 2. The number of aryl methyl sites for hydroxylation is 1. The zero-order valence-electron chi connectivity index (χ0n) is 8.77. The van der Waals surface area contributed by atoms with E-state index in [1.54, 1.807) is 25.1 Å². The first-order valence-corrected chi connectivity index (χ1v) is 5.22. The summed E-state index contributed by atoms with van der Waals surface area (Å²) in [6, 6.07) is 5.71. The quantitative estimate of drug-likeness (QED) is 0.753. The molecule has 0 amide bonds. The Labute approximate surface area is 101 Å². The van der Waals surface area contributed by atoms with Crippen molar-refractivity contribution in [2.75, 3.05) is 5.32 Å². The Kier molecular flexibility index (Phi) is 2.22. The van der Waals surface area contributed by atoms with Crippen LogP contribution in [0.3, 0.4) is 0 Å². The van der Waals surface area contributed by atoms with Gasteiger partial charge in [0.25, 0.3) is 0 Å². The van der Waals surface area contributed by atoms with E-state index in [2.05, 4.69) is 20.5 Å². The SMILES string of the molecule is Cc1nnc(Nc2nc3cc(Cl)ccc3o2)o1. The molecule has 1 N–H and O–H groups in total. The van der Waals surface area contributed by atoms with E-state index in [0.717, 1.165) is 0 Å². The fourth-order valence-electron chi connectivity index (χ4n) is 1.39. The molecular weight excluding hydrogens is 244 g/mol. The van der Waals surface area contributed by atoms with Crippen molar-refractivity contribution in [1.82, 2.24) is 15.2 Å². The third-order valence-electron chi connectivity index (χ3n) is 2.09. The summed E-state index contributed by atoms with van der Waals surface area (Å²) in [7, 11) is 0. The molecule has 2 heterocycles. The highest BCUT2D eigenvalue weighted by atomic mass is 35.5. The number of nitrogens with one attached hydrogen (secondary N) is 1. The lowest BCUT2D eigenvalue weighted by Gasteiger charge is -1.90. The number of hydrogen-bond donors (Lipinski definition) is 1. The lowest BCUT2D eigenvalue weighted by atomic mass is 10.3. The zero-order valence-corrected chi connectivity index (χ0v) is 9.52. The molecule has 2 aromatic heterocycles. The molecule has 0 spiro atoms. The number of hydrogen-bond acceptors (Lipinski definition) is 6. The van der Waals surface area contributed by atoms with E-state index in [0.29, 0.717) is 22.0 Å². The highest BCUT2D eigenvalue weighted by Crippen LogP contribution is 2.23. The van der Waals surface area contributed by atoms with Gasteiger partial charge in [-0.25, -0.2) is 0 Å². The molecule has 0 radical (unpaired) electrons. The number of anilines is 2. The van der Waals surface area contributed by atoms with Crippen LogP contribution in [0.2, 0.25) is 5.02 Å². The van der Waals surface area contributed by atoms with Gasteiger partial charge in [0.2, 0.25) is 5.89 Å². The first-order valence-electron chi connectivity index (χ1n) is 4.84. The average Bonchev–Trinajstić information content (AvgIpc) is 2.84. The second kappa shape index (κ2) is 3.74. The molecule has 0 atom stereocenters. The molecule has 3 aromatic rings. The highest BCUT2D eigenvalue weighted by molar-refractivity contribution is 6.31. The molecule has 0 aliphatic carbocycles. The fraction of sp³-hybridized carbons (Fsp3) is 0.100. The molecule has 0 unspecified atom stereocenters. The van der Waals surface area contributed by atoms with Gasteiger partial charge in [-0.05, 0) is 18.2 Å². The van der Waals surface area contributed by atoms with E-state index < -0.39 is 0 Å². The zero-order chi connectivity index (χ0) is 11.8. The van der Waals surface area contributed by atoms with E-state index >= 15 is 0 Å². The third-order valence-corrected chi connectivity index (χ3v) is 2.32. The van der Waals surface area contributed by atoms with Gasteiger partial charge >= 0.3 is 12.0 Å². The second-order valence-electron chi connectivity index (χ2n) is 3.38. The molecule has 0 saturated carbocycles. The first kappa shape index (κ1) is 10.1. The summed E-state index contributed by atoms with van der Waals surface area (Å²) in [4.78, 5) is 4.19. The van der Waals surface area contributed by atoms with Gasteiger partial charge in [-0.3, -0.25) is 5.32 Å². The molecule has 86 valence electrons. The molecule has 17 heavy (non-hydrogen) atoms. The van der Waals surface area contributed by atoms with Crippen molar-refractivity contribution in [3.8, 4) is 0 Å². The number of fused-ring (bicyclic) bond motifs is 1. The van der Waals surface area contributed by atoms with Gasteiger partial charge in [0.15, 0.2) is 5.58 Å². The van der Waals surface area contributed by atoms with Crippen LogP contribution >= 0.6 is 11.6 Å². The third kappa shape index (κ3) is 1.94. The summed E-state index contributed by atoms with van der Waals surface area (Å²) in [6.45, 7) is 1.70. The minimum absolute atomic E-state index is 0.236. The van der Waals surface area contributed by atoms with Crippen LogP contribution in [0.1, 0.15) is 5.89 Å². The fourth-order valence-corrected chi connectivity index (χ4v) is 1.56. The van der Waals surface area contributed by atoms with Crippen LogP contribution in [0.15, 0.2) is 27.0 Å². The van der Waals surface area contributed by atoms with Crippen LogP contribution in [0.5, 0.6) is 0 Å². The van der Waals surface area contributed by atoms with Crippen LogP contribution in [0.25, 0.3) is 11.1 Å². The van der Waals surface area contributed by atoms with Crippen molar-refractivity contribution in [1.29, 1.82) is 0 Å². The van der Waals surface area contributed by atoms with E-state index in [1.807, 2.05) is 0 Å². The normalized spacial score (nSPS) is 10.9. The molecule has 0 aliphatic rings. The Morgan fingerprint density at radius 2 is 2.06 bits per heavy atom. The van der Waals surface area contributed by atoms with Crippen LogP contribution in [-0.4, -0.2) is 15.2 Å². The molecule has 0 aliphatic heterocycles. The Balaban J connectivity index is 1.95. The number of aromatic nitrogens is 3. The lowest BCUT2D eigenvalue weighted by Crippen LogP contribution is -1.89. The summed E-state index contributed by atoms with van der Waals surface area (Å²) in [5, 5.41) is 10.8. The van der Waals surface area contributed by atoms with E-state index in [1.165, 1.54) is 0 Å². The Morgan fingerprint density at radius 1 is 1.18 bits per heavy atom. The summed E-state index contributed by atoms with van der Waals surface area (Å²) < 4.78 is 10.6. The van der Waals surface area contributed by atoms with E-state index in [4.69, 9.17) is 20.4 Å². The van der Waals surface area contributed by atoms with Crippen LogP contribution in [-0.2, 0) is 0 Å². The molecule has 0 fully saturated rings. The van der Waals surface area contributed by atoms with Crippen molar-refractivity contribution in [3.05, 3.63) is 29.1 Å². The molecular formula is C10H7ClN4O2. The molecule has 1 aromatic carbocycles. The van der Waals surface area contributed by atoms with E-state index in [-0.39, 0.29) is 12.0 Å². The van der Waals surface area contributed by atoms with Gasteiger partial charge in [-0.2, -0.15) is 4.98 Å². The van der Waals surface area contributed by atoms with Gasteiger partial charge in [-0.1, -0.05) is 16.7 Å². The predicted molar refractivity (Wildman–Crippen MR) is 61.3 cm³/mol. The van der Waals surface area contributed by atoms with Gasteiger partial charge in [0, 0.05) is 11.9 Å². The van der Waals surface area contributed by atoms with Crippen molar-refractivity contribution >= 4 is 34.7 Å². The maximum absolute atomic E-state index is 5.85.